The summed E-state index contributed by atoms with van der Waals surface area (Å²) in [5.74, 6) is -1.72. The molecule has 0 unspecified atom stereocenters. The maximum Gasteiger partial charge on any atom is 0.326 e. The normalized spacial score (nSPS) is 15.2. The van der Waals surface area contributed by atoms with Crippen molar-refractivity contribution in [3.05, 3.63) is 29.8 Å². The van der Waals surface area contributed by atoms with E-state index in [1.807, 2.05) is 32.9 Å². The number of ether oxygens (including phenoxy) is 1. The Labute approximate surface area is 171 Å². The number of nitrogens with one attached hydrogen (secondary N) is 2. The monoisotopic (exact) mass is 403 g/mol. The smallest absolute Gasteiger partial charge is 0.326 e. The second-order valence-corrected chi connectivity index (χ2v) is 7.16. The first-order valence-corrected chi connectivity index (χ1v) is 10.0. The third-order valence-electron chi connectivity index (χ3n) is 4.90. The van der Waals surface area contributed by atoms with Gasteiger partial charge in [-0.2, -0.15) is 0 Å². The Hall–Kier alpha value is -2.90. The van der Waals surface area contributed by atoms with Crippen molar-refractivity contribution >= 4 is 29.5 Å². The number of urea groups is 1. The third kappa shape index (κ3) is 5.56. The molecular weight excluding hydrogens is 374 g/mol. The Bertz CT molecular complexity index is 754. The summed E-state index contributed by atoms with van der Waals surface area (Å²) >= 11 is 0. The lowest BCUT2D eigenvalue weighted by Crippen LogP contribution is -2.47. The zero-order chi connectivity index (χ0) is 21.4. The summed E-state index contributed by atoms with van der Waals surface area (Å²) in [6.07, 6.45) is 3.37. The number of benzene rings is 1. The quantitative estimate of drug-likeness (QED) is 0.462. The lowest BCUT2D eigenvalue weighted by molar-refractivity contribution is -0.150. The predicted octanol–water partition coefficient (Wildman–Crippen LogP) is 2.62. The van der Waals surface area contributed by atoms with Gasteiger partial charge in [0.2, 0.25) is 0 Å². The Morgan fingerprint density at radius 3 is 2.24 bits per heavy atom. The van der Waals surface area contributed by atoms with Crippen molar-refractivity contribution in [2.24, 2.45) is 0 Å². The van der Waals surface area contributed by atoms with E-state index in [2.05, 4.69) is 10.6 Å². The van der Waals surface area contributed by atoms with Crippen LogP contribution in [0.1, 0.15) is 52.0 Å². The molecule has 1 fully saturated rings. The van der Waals surface area contributed by atoms with E-state index < -0.39 is 42.5 Å². The molecule has 1 saturated heterocycles. The van der Waals surface area contributed by atoms with Gasteiger partial charge in [0.05, 0.1) is 0 Å². The molecule has 0 spiro atoms. The van der Waals surface area contributed by atoms with Gasteiger partial charge in [0.1, 0.15) is 12.1 Å². The van der Waals surface area contributed by atoms with E-state index in [0.29, 0.717) is 18.5 Å². The number of nitrogens with zero attached hydrogens (tertiary/aromatic N) is 1. The van der Waals surface area contributed by atoms with Crippen LogP contribution in [0.2, 0.25) is 0 Å². The third-order valence-corrected chi connectivity index (χ3v) is 4.90. The van der Waals surface area contributed by atoms with Gasteiger partial charge in [0, 0.05) is 5.69 Å². The number of aryl methyl sites for hydroxylation is 1. The lowest BCUT2D eigenvalue weighted by atomic mass is 9.88. The number of esters is 1. The van der Waals surface area contributed by atoms with E-state index in [-0.39, 0.29) is 0 Å². The summed E-state index contributed by atoms with van der Waals surface area (Å²) in [6, 6.07) is 6.74. The average Bonchev–Trinajstić information content (AvgIpc) is 2.92. The van der Waals surface area contributed by atoms with Crippen molar-refractivity contribution in [1.29, 1.82) is 0 Å². The fourth-order valence-electron chi connectivity index (χ4n) is 3.48. The minimum Gasteiger partial charge on any atom is -0.454 e. The van der Waals surface area contributed by atoms with Crippen LogP contribution in [0, 0.1) is 0 Å². The SMILES string of the molecule is CCCC1(CCC)NC(=O)N(CC(=O)OCC(=O)Nc2ccc(CC)cc2)C1=O. The van der Waals surface area contributed by atoms with Crippen LogP contribution in [0.25, 0.3) is 0 Å². The summed E-state index contributed by atoms with van der Waals surface area (Å²) < 4.78 is 4.94. The number of carbonyl (C=O) groups excluding carboxylic acids is 4. The fraction of sp³-hybridized carbons (Fsp3) is 0.524. The first kappa shape index (κ1) is 22.4. The first-order valence-electron chi connectivity index (χ1n) is 10.0. The number of carbonyl (C=O) groups is 4. The van der Waals surface area contributed by atoms with E-state index in [0.717, 1.165) is 29.7 Å². The Morgan fingerprint density at radius 1 is 1.07 bits per heavy atom. The topological polar surface area (TPSA) is 105 Å². The van der Waals surface area contributed by atoms with Crippen LogP contribution in [0.5, 0.6) is 0 Å². The van der Waals surface area contributed by atoms with Gasteiger partial charge in [0.25, 0.3) is 11.8 Å². The van der Waals surface area contributed by atoms with Crippen molar-refractivity contribution in [3.8, 4) is 0 Å². The van der Waals surface area contributed by atoms with Crippen molar-refractivity contribution in [2.75, 3.05) is 18.5 Å². The molecule has 8 heteroatoms. The molecule has 0 bridgehead atoms. The number of rotatable bonds is 10. The largest absolute Gasteiger partial charge is 0.454 e. The van der Waals surface area contributed by atoms with Gasteiger partial charge >= 0.3 is 12.0 Å². The maximum absolute atomic E-state index is 12.7. The van der Waals surface area contributed by atoms with Crippen LogP contribution in [0.4, 0.5) is 10.5 Å². The molecule has 29 heavy (non-hydrogen) atoms. The van der Waals surface area contributed by atoms with Crippen molar-refractivity contribution < 1.29 is 23.9 Å². The predicted molar refractivity (Wildman–Crippen MR) is 108 cm³/mol. The second-order valence-electron chi connectivity index (χ2n) is 7.16. The molecule has 4 amide bonds. The van der Waals surface area contributed by atoms with Gasteiger partial charge in [-0.05, 0) is 37.0 Å². The van der Waals surface area contributed by atoms with E-state index in [4.69, 9.17) is 4.74 Å². The minimum absolute atomic E-state index is 0.413. The molecule has 0 saturated carbocycles. The van der Waals surface area contributed by atoms with Crippen molar-refractivity contribution in [1.82, 2.24) is 10.2 Å². The van der Waals surface area contributed by atoms with E-state index in [1.54, 1.807) is 12.1 Å². The van der Waals surface area contributed by atoms with Gasteiger partial charge in [-0.25, -0.2) is 4.79 Å². The highest BCUT2D eigenvalue weighted by molar-refractivity contribution is 6.08. The number of hydrogen-bond acceptors (Lipinski definition) is 5. The maximum atomic E-state index is 12.7. The second kappa shape index (κ2) is 10.0. The summed E-state index contributed by atoms with van der Waals surface area (Å²) in [5, 5.41) is 5.36. The molecule has 2 rings (SSSR count). The van der Waals surface area contributed by atoms with Crippen molar-refractivity contribution in [3.63, 3.8) is 0 Å². The Balaban J connectivity index is 1.87. The van der Waals surface area contributed by atoms with E-state index >= 15 is 0 Å². The van der Waals surface area contributed by atoms with E-state index in [1.165, 1.54) is 0 Å². The standard InChI is InChI=1S/C21H29N3O5/c1-4-11-21(12-5-2)19(27)24(20(28)23-21)13-18(26)29-14-17(25)22-16-9-7-15(6-3)8-10-16/h7-10H,4-6,11-14H2,1-3H3,(H,22,25)(H,23,28). The highest BCUT2D eigenvalue weighted by atomic mass is 16.5. The highest BCUT2D eigenvalue weighted by Crippen LogP contribution is 2.27. The van der Waals surface area contributed by atoms with Gasteiger partial charge in [0.15, 0.2) is 6.61 Å². The number of hydrogen-bond donors (Lipinski definition) is 2. The average molecular weight is 403 g/mol. The van der Waals surface area contributed by atoms with Crippen LogP contribution in [0.3, 0.4) is 0 Å². The van der Waals surface area contributed by atoms with E-state index in [9.17, 15) is 19.2 Å². The van der Waals surface area contributed by atoms with Gasteiger partial charge in [-0.3, -0.25) is 19.3 Å². The molecule has 1 aliphatic heterocycles. The molecular formula is C21H29N3O5. The molecule has 0 radical (unpaired) electrons. The van der Waals surface area contributed by atoms with Crippen LogP contribution in [0.15, 0.2) is 24.3 Å². The molecule has 1 aromatic rings. The lowest BCUT2D eigenvalue weighted by Gasteiger charge is -2.25. The molecule has 1 aliphatic rings. The number of anilines is 1. The molecule has 158 valence electrons. The summed E-state index contributed by atoms with van der Waals surface area (Å²) in [7, 11) is 0. The molecule has 1 heterocycles. The van der Waals surface area contributed by atoms with Crippen LogP contribution < -0.4 is 10.6 Å². The van der Waals surface area contributed by atoms with Crippen LogP contribution >= 0.6 is 0 Å². The zero-order valence-electron chi connectivity index (χ0n) is 17.2. The molecule has 0 atom stereocenters. The van der Waals surface area contributed by atoms with Crippen molar-refractivity contribution in [2.45, 2.75) is 58.4 Å². The number of amides is 4. The van der Waals surface area contributed by atoms with Crippen LogP contribution in [-0.4, -0.2) is 47.4 Å². The molecule has 0 aliphatic carbocycles. The summed E-state index contributed by atoms with van der Waals surface area (Å²) in [5.41, 5.74) is 0.787. The zero-order valence-corrected chi connectivity index (χ0v) is 17.2. The Kier molecular flexibility index (Phi) is 7.75. The van der Waals surface area contributed by atoms with Gasteiger partial charge in [-0.15, -0.1) is 0 Å². The molecule has 1 aromatic carbocycles. The Morgan fingerprint density at radius 2 is 1.69 bits per heavy atom. The first-order chi connectivity index (χ1) is 13.8. The molecule has 0 aromatic heterocycles. The minimum atomic E-state index is -0.955. The van der Waals surface area contributed by atoms with Gasteiger partial charge in [-0.1, -0.05) is 45.7 Å². The van der Waals surface area contributed by atoms with Crippen LogP contribution in [-0.2, 0) is 25.5 Å². The summed E-state index contributed by atoms with van der Waals surface area (Å²) in [6.45, 7) is 4.89. The summed E-state index contributed by atoms with van der Waals surface area (Å²) in [4.78, 5) is 49.9. The van der Waals surface area contributed by atoms with Gasteiger partial charge < -0.3 is 15.4 Å². The highest BCUT2D eigenvalue weighted by Gasteiger charge is 2.50. The molecule has 8 nitrogen and oxygen atoms in total. The number of imide groups is 1. The molecule has 2 N–H and O–H groups in total. The fourth-order valence-corrected chi connectivity index (χ4v) is 3.48.